The van der Waals surface area contributed by atoms with Crippen molar-refractivity contribution >= 4 is 17.3 Å². The summed E-state index contributed by atoms with van der Waals surface area (Å²) < 4.78 is 0. The lowest BCUT2D eigenvalue weighted by Crippen LogP contribution is -2.51. The van der Waals surface area contributed by atoms with E-state index >= 15 is 0 Å². The van der Waals surface area contributed by atoms with Gasteiger partial charge in [-0.3, -0.25) is 0 Å². The molecule has 1 nitrogen and oxygen atoms in total. The third-order valence-electron chi connectivity index (χ3n) is 5.67. The van der Waals surface area contributed by atoms with Gasteiger partial charge in [-0.1, -0.05) is 17.7 Å². The Bertz CT molecular complexity index is 468. The van der Waals surface area contributed by atoms with Gasteiger partial charge in [-0.25, -0.2) is 0 Å². The summed E-state index contributed by atoms with van der Waals surface area (Å²) in [5.41, 5.74) is 2.38. The number of hydrogen-bond donors (Lipinski definition) is 1. The lowest BCUT2D eigenvalue weighted by atomic mass is 9.54. The Hall–Kier alpha value is -0.690. The zero-order chi connectivity index (χ0) is 13.0. The molecule has 1 N–H and O–H groups in total. The highest BCUT2D eigenvalue weighted by Gasteiger charge is 2.48. The molecule has 5 rings (SSSR count). The summed E-state index contributed by atoms with van der Waals surface area (Å²) in [7, 11) is 0. The minimum atomic E-state index is 0.674. The molecule has 4 saturated carbocycles. The Labute approximate surface area is 120 Å². The summed E-state index contributed by atoms with van der Waals surface area (Å²) in [5.74, 6) is 3.87. The maximum Gasteiger partial charge on any atom is 0.0640 e. The van der Waals surface area contributed by atoms with Crippen molar-refractivity contribution in [3.8, 4) is 0 Å². The Morgan fingerprint density at radius 3 is 2.21 bits per heavy atom. The first kappa shape index (κ1) is 12.1. The minimum Gasteiger partial charge on any atom is -0.381 e. The SMILES string of the molecule is Cc1ccc(NC2C3CC4CC(C3)CC2C4)c(Cl)c1. The molecule has 1 aromatic rings. The minimum absolute atomic E-state index is 0.674. The molecule has 4 fully saturated rings. The van der Waals surface area contributed by atoms with Crippen LogP contribution in [0.4, 0.5) is 5.69 Å². The summed E-state index contributed by atoms with van der Waals surface area (Å²) in [6, 6.07) is 7.06. The highest BCUT2D eigenvalue weighted by molar-refractivity contribution is 6.33. The van der Waals surface area contributed by atoms with Crippen molar-refractivity contribution in [3.05, 3.63) is 28.8 Å². The van der Waals surface area contributed by atoms with Crippen LogP contribution in [-0.4, -0.2) is 6.04 Å². The van der Waals surface area contributed by atoms with E-state index in [1.165, 1.54) is 37.7 Å². The van der Waals surface area contributed by atoms with E-state index in [9.17, 15) is 0 Å². The van der Waals surface area contributed by atoms with Gasteiger partial charge in [-0.2, -0.15) is 0 Å². The highest BCUT2D eigenvalue weighted by Crippen LogP contribution is 2.54. The van der Waals surface area contributed by atoms with E-state index in [1.807, 2.05) is 0 Å². The predicted octanol–water partition coefficient (Wildman–Crippen LogP) is 4.89. The average Bonchev–Trinajstić information content (AvgIpc) is 2.35. The number of anilines is 1. The molecule has 4 aliphatic rings. The van der Waals surface area contributed by atoms with Crippen molar-refractivity contribution in [2.24, 2.45) is 23.7 Å². The van der Waals surface area contributed by atoms with E-state index in [-0.39, 0.29) is 0 Å². The summed E-state index contributed by atoms with van der Waals surface area (Å²) in [4.78, 5) is 0. The van der Waals surface area contributed by atoms with Crippen molar-refractivity contribution < 1.29 is 0 Å². The first-order chi connectivity index (χ1) is 9.19. The van der Waals surface area contributed by atoms with E-state index in [0.29, 0.717) is 6.04 Å². The molecule has 0 spiro atoms. The highest BCUT2D eigenvalue weighted by atomic mass is 35.5. The second kappa shape index (κ2) is 4.41. The summed E-state index contributed by atoms with van der Waals surface area (Å²) in [6.45, 7) is 2.10. The van der Waals surface area contributed by atoms with E-state index < -0.39 is 0 Å². The lowest BCUT2D eigenvalue weighted by Gasteiger charge is -2.54. The number of hydrogen-bond acceptors (Lipinski definition) is 1. The molecule has 0 amide bonds. The molecule has 0 radical (unpaired) electrons. The number of aryl methyl sites for hydroxylation is 1. The molecule has 4 bridgehead atoms. The normalized spacial score (nSPS) is 39.6. The second-order valence-electron chi connectivity index (χ2n) is 7.08. The molecular formula is C17H22ClN. The van der Waals surface area contributed by atoms with E-state index in [1.54, 1.807) is 0 Å². The zero-order valence-corrected chi connectivity index (χ0v) is 12.3. The van der Waals surface area contributed by atoms with Crippen molar-refractivity contribution in [2.75, 3.05) is 5.32 Å². The molecule has 0 heterocycles. The van der Waals surface area contributed by atoms with E-state index in [4.69, 9.17) is 11.6 Å². The fourth-order valence-corrected chi connectivity index (χ4v) is 5.37. The maximum absolute atomic E-state index is 6.38. The first-order valence-electron chi connectivity index (χ1n) is 7.71. The Kier molecular flexibility index (Phi) is 2.80. The van der Waals surface area contributed by atoms with Crippen LogP contribution in [0.3, 0.4) is 0 Å². The molecule has 0 saturated heterocycles. The first-order valence-corrected chi connectivity index (χ1v) is 8.09. The lowest BCUT2D eigenvalue weighted by molar-refractivity contribution is 0.00754. The molecule has 2 heteroatoms. The summed E-state index contributed by atoms with van der Waals surface area (Å²) in [6.07, 6.45) is 7.33. The fraction of sp³-hybridized carbons (Fsp3) is 0.647. The third-order valence-corrected chi connectivity index (χ3v) is 5.99. The van der Waals surface area contributed by atoms with Crippen LogP contribution in [0.25, 0.3) is 0 Å². The van der Waals surface area contributed by atoms with Gasteiger partial charge >= 0.3 is 0 Å². The maximum atomic E-state index is 6.38. The number of benzene rings is 1. The standard InChI is InChI=1S/C17H22ClN/c1-10-2-3-16(15(18)4-10)19-17-13-6-11-5-12(8-13)9-14(17)7-11/h2-4,11-14,17,19H,5-9H2,1H3. The van der Waals surface area contributed by atoms with Crippen molar-refractivity contribution in [2.45, 2.75) is 45.1 Å². The third kappa shape index (κ3) is 2.07. The van der Waals surface area contributed by atoms with Gasteiger partial charge < -0.3 is 5.32 Å². The molecule has 0 atom stereocenters. The van der Waals surface area contributed by atoms with Gasteiger partial charge in [0, 0.05) is 6.04 Å². The topological polar surface area (TPSA) is 12.0 Å². The largest absolute Gasteiger partial charge is 0.381 e. The number of rotatable bonds is 2. The van der Waals surface area contributed by atoms with Crippen molar-refractivity contribution in [1.82, 2.24) is 0 Å². The monoisotopic (exact) mass is 275 g/mol. The van der Waals surface area contributed by atoms with Gasteiger partial charge in [0.15, 0.2) is 0 Å². The molecule has 102 valence electrons. The van der Waals surface area contributed by atoms with Gasteiger partial charge in [0.05, 0.1) is 10.7 Å². The number of nitrogens with one attached hydrogen (secondary N) is 1. The van der Waals surface area contributed by atoms with Gasteiger partial charge in [0.2, 0.25) is 0 Å². The molecule has 19 heavy (non-hydrogen) atoms. The Morgan fingerprint density at radius 2 is 1.63 bits per heavy atom. The van der Waals surface area contributed by atoms with Crippen molar-refractivity contribution in [1.29, 1.82) is 0 Å². The van der Waals surface area contributed by atoms with Crippen LogP contribution in [-0.2, 0) is 0 Å². The van der Waals surface area contributed by atoms with E-state index in [2.05, 4.69) is 30.4 Å². The fourth-order valence-electron chi connectivity index (χ4n) is 5.08. The van der Waals surface area contributed by atoms with Gasteiger partial charge in [-0.05, 0) is 80.4 Å². The van der Waals surface area contributed by atoms with Crippen LogP contribution in [0.5, 0.6) is 0 Å². The Morgan fingerprint density at radius 1 is 1.00 bits per heavy atom. The van der Waals surface area contributed by atoms with E-state index in [0.717, 1.165) is 34.4 Å². The van der Waals surface area contributed by atoms with Crippen LogP contribution in [0.1, 0.15) is 37.7 Å². The molecule has 1 aromatic carbocycles. The average molecular weight is 276 g/mol. The quantitative estimate of drug-likeness (QED) is 0.811. The smallest absolute Gasteiger partial charge is 0.0640 e. The molecule has 0 unspecified atom stereocenters. The number of halogens is 1. The van der Waals surface area contributed by atoms with Gasteiger partial charge in [0.1, 0.15) is 0 Å². The van der Waals surface area contributed by atoms with Crippen molar-refractivity contribution in [3.63, 3.8) is 0 Å². The van der Waals surface area contributed by atoms with Crippen LogP contribution in [0.15, 0.2) is 18.2 Å². The molecule has 0 aliphatic heterocycles. The second-order valence-corrected chi connectivity index (χ2v) is 7.49. The van der Waals surface area contributed by atoms with Gasteiger partial charge in [-0.15, -0.1) is 0 Å². The van der Waals surface area contributed by atoms with Gasteiger partial charge in [0.25, 0.3) is 0 Å². The zero-order valence-electron chi connectivity index (χ0n) is 11.5. The molecule has 4 aliphatic carbocycles. The molecule has 0 aromatic heterocycles. The van der Waals surface area contributed by atoms with Crippen LogP contribution >= 0.6 is 11.6 Å². The van der Waals surface area contributed by atoms with Crippen LogP contribution in [0, 0.1) is 30.6 Å². The van der Waals surface area contributed by atoms with Crippen LogP contribution in [0.2, 0.25) is 5.02 Å². The predicted molar refractivity (Wildman–Crippen MR) is 80.6 cm³/mol. The molecular weight excluding hydrogens is 254 g/mol. The Balaban J connectivity index is 1.56. The summed E-state index contributed by atoms with van der Waals surface area (Å²) >= 11 is 6.38. The summed E-state index contributed by atoms with van der Waals surface area (Å²) in [5, 5.41) is 4.67. The van der Waals surface area contributed by atoms with Crippen LogP contribution < -0.4 is 5.32 Å².